The average molecular weight is 451 g/mol. The van der Waals surface area contributed by atoms with Gasteiger partial charge in [0.15, 0.2) is 0 Å². The molecular weight excluding hydrogens is 428 g/mol. The van der Waals surface area contributed by atoms with Crippen LogP contribution >= 0.6 is 15.9 Å². The maximum absolute atomic E-state index is 13.1. The largest absolute Gasteiger partial charge is 0.442 e. The first kappa shape index (κ1) is 20.8. The van der Waals surface area contributed by atoms with E-state index in [1.807, 2.05) is 106 Å². The van der Waals surface area contributed by atoms with Crippen LogP contribution in [0.5, 0.6) is 0 Å². The first-order chi connectivity index (χ1) is 13.8. The minimum absolute atomic E-state index is 0.542. The molecule has 0 bridgehead atoms. The normalized spacial score (nSPS) is 10.9. The van der Waals surface area contributed by atoms with Crippen LogP contribution in [0.1, 0.15) is 31.9 Å². The van der Waals surface area contributed by atoms with Crippen molar-refractivity contribution in [1.82, 2.24) is 0 Å². The summed E-state index contributed by atoms with van der Waals surface area (Å²) in [5.41, 5.74) is 2.45. The summed E-state index contributed by atoms with van der Waals surface area (Å²) in [5.74, 6) is 0. The fourth-order valence-corrected chi connectivity index (χ4v) is 3.08. The molecule has 0 spiro atoms. The molecule has 1 amide bonds. The summed E-state index contributed by atoms with van der Waals surface area (Å²) >= 11 is 3.47. The van der Waals surface area contributed by atoms with Crippen LogP contribution in [-0.4, -0.2) is 17.4 Å². The molecule has 4 nitrogen and oxygen atoms in total. The topological polar surface area (TPSA) is 41.9 Å². The zero-order valence-electron chi connectivity index (χ0n) is 16.7. The van der Waals surface area contributed by atoms with Gasteiger partial charge in [-0.25, -0.2) is 4.79 Å². The van der Waals surface area contributed by atoms with Crippen molar-refractivity contribution in [3.63, 3.8) is 0 Å². The molecule has 3 rings (SSSR count). The van der Waals surface area contributed by atoms with Gasteiger partial charge >= 0.3 is 6.09 Å². The molecule has 0 saturated carbocycles. The number of hydrogen-bond acceptors (Lipinski definition) is 3. The van der Waals surface area contributed by atoms with Crippen LogP contribution in [0.3, 0.4) is 0 Å². The third-order valence-electron chi connectivity index (χ3n) is 3.91. The Morgan fingerprint density at radius 3 is 1.90 bits per heavy atom. The summed E-state index contributed by atoms with van der Waals surface area (Å²) in [6, 6.07) is 27.0. The molecule has 0 atom stereocenters. The summed E-state index contributed by atoms with van der Waals surface area (Å²) in [7, 11) is 0. The van der Waals surface area contributed by atoms with Crippen LogP contribution in [0.25, 0.3) is 0 Å². The maximum atomic E-state index is 13.1. The van der Waals surface area contributed by atoms with Gasteiger partial charge in [-0.15, -0.1) is 0 Å². The number of carbonyl (C=O) groups is 1. The Bertz CT molecular complexity index is 955. The van der Waals surface area contributed by atoms with E-state index in [0.29, 0.717) is 11.4 Å². The standard InChI is InChI=1S/C24H23BrN2O2/c1-24(2,3)29-23(28)27(21-16-10-15-20(25)17-21)26-22(18-11-6-4-7-12-18)19-13-8-5-9-14-19/h4-17H,1-3H3. The van der Waals surface area contributed by atoms with Crippen molar-refractivity contribution in [2.75, 3.05) is 5.01 Å². The van der Waals surface area contributed by atoms with E-state index < -0.39 is 11.7 Å². The number of carbonyl (C=O) groups excluding carboxylic acids is 1. The number of hydrogen-bond donors (Lipinski definition) is 0. The lowest BCUT2D eigenvalue weighted by atomic mass is 10.0. The van der Waals surface area contributed by atoms with Crippen molar-refractivity contribution in [2.45, 2.75) is 26.4 Å². The molecule has 148 valence electrons. The van der Waals surface area contributed by atoms with Gasteiger partial charge in [0.25, 0.3) is 0 Å². The predicted octanol–water partition coefficient (Wildman–Crippen LogP) is 6.64. The Morgan fingerprint density at radius 2 is 1.41 bits per heavy atom. The summed E-state index contributed by atoms with van der Waals surface area (Å²) in [6.07, 6.45) is -0.542. The number of anilines is 1. The first-order valence-electron chi connectivity index (χ1n) is 9.31. The van der Waals surface area contributed by atoms with E-state index in [9.17, 15) is 4.79 Å². The minimum Gasteiger partial charge on any atom is -0.442 e. The molecule has 3 aromatic carbocycles. The lowest BCUT2D eigenvalue weighted by Crippen LogP contribution is -2.34. The number of nitrogens with zero attached hydrogens (tertiary/aromatic N) is 2. The quantitative estimate of drug-likeness (QED) is 0.330. The van der Waals surface area contributed by atoms with E-state index in [4.69, 9.17) is 9.84 Å². The highest BCUT2D eigenvalue weighted by molar-refractivity contribution is 9.10. The predicted molar refractivity (Wildman–Crippen MR) is 121 cm³/mol. The van der Waals surface area contributed by atoms with Crippen molar-refractivity contribution < 1.29 is 9.53 Å². The van der Waals surface area contributed by atoms with Crippen LogP contribution in [0.4, 0.5) is 10.5 Å². The molecule has 0 aromatic heterocycles. The van der Waals surface area contributed by atoms with E-state index in [0.717, 1.165) is 15.6 Å². The first-order valence-corrected chi connectivity index (χ1v) is 10.1. The van der Waals surface area contributed by atoms with Crippen molar-refractivity contribution in [3.05, 3.63) is 101 Å². The highest BCUT2D eigenvalue weighted by Gasteiger charge is 2.24. The number of hydrazone groups is 1. The molecule has 5 heteroatoms. The molecule has 0 radical (unpaired) electrons. The molecule has 0 N–H and O–H groups in total. The number of halogens is 1. The van der Waals surface area contributed by atoms with Gasteiger partial charge in [0.05, 0.1) is 11.4 Å². The zero-order valence-corrected chi connectivity index (χ0v) is 18.3. The fourth-order valence-electron chi connectivity index (χ4n) is 2.69. The van der Waals surface area contributed by atoms with Crippen molar-refractivity contribution in [1.29, 1.82) is 0 Å². The maximum Gasteiger partial charge on any atom is 0.435 e. The summed E-state index contributed by atoms with van der Waals surface area (Å²) in [5, 5.41) is 6.08. The van der Waals surface area contributed by atoms with Crippen LogP contribution < -0.4 is 5.01 Å². The molecule has 3 aromatic rings. The van der Waals surface area contributed by atoms with E-state index in [1.54, 1.807) is 0 Å². The van der Waals surface area contributed by atoms with Gasteiger partial charge in [0, 0.05) is 15.6 Å². The second-order valence-electron chi connectivity index (χ2n) is 7.45. The Balaban J connectivity index is 2.15. The van der Waals surface area contributed by atoms with Crippen molar-refractivity contribution in [3.8, 4) is 0 Å². The van der Waals surface area contributed by atoms with E-state index in [2.05, 4.69) is 15.9 Å². The van der Waals surface area contributed by atoms with E-state index >= 15 is 0 Å². The SMILES string of the molecule is CC(C)(C)OC(=O)N(N=C(c1ccccc1)c1ccccc1)c1cccc(Br)c1. The highest BCUT2D eigenvalue weighted by atomic mass is 79.9. The molecule has 0 aliphatic heterocycles. The molecule has 0 heterocycles. The minimum atomic E-state index is -0.642. The molecular formula is C24H23BrN2O2. The molecule has 0 saturated heterocycles. The summed E-state index contributed by atoms with van der Waals surface area (Å²) in [4.78, 5) is 13.1. The number of amides is 1. The highest BCUT2D eigenvalue weighted by Crippen LogP contribution is 2.24. The third-order valence-corrected chi connectivity index (χ3v) is 4.41. The van der Waals surface area contributed by atoms with Crippen LogP contribution in [0.2, 0.25) is 0 Å². The van der Waals surface area contributed by atoms with Crippen molar-refractivity contribution >= 4 is 33.4 Å². The Labute approximate surface area is 180 Å². The Hall–Kier alpha value is -2.92. The molecule has 0 fully saturated rings. The Kier molecular flexibility index (Phi) is 6.49. The second kappa shape index (κ2) is 9.05. The number of ether oxygens (including phenoxy) is 1. The van der Waals surface area contributed by atoms with E-state index in [1.165, 1.54) is 5.01 Å². The third kappa shape index (κ3) is 5.78. The lowest BCUT2D eigenvalue weighted by Gasteiger charge is -2.25. The lowest BCUT2D eigenvalue weighted by molar-refractivity contribution is 0.0581. The monoisotopic (exact) mass is 450 g/mol. The summed E-state index contributed by atoms with van der Waals surface area (Å²) in [6.45, 7) is 5.51. The molecule has 0 aliphatic rings. The second-order valence-corrected chi connectivity index (χ2v) is 8.37. The van der Waals surface area contributed by atoms with Crippen LogP contribution in [-0.2, 0) is 4.74 Å². The van der Waals surface area contributed by atoms with Crippen molar-refractivity contribution in [2.24, 2.45) is 5.10 Å². The molecule has 29 heavy (non-hydrogen) atoms. The smallest absolute Gasteiger partial charge is 0.435 e. The van der Waals surface area contributed by atoms with Gasteiger partial charge in [0.1, 0.15) is 5.60 Å². The zero-order chi connectivity index (χ0) is 20.9. The molecule has 0 aliphatic carbocycles. The van der Waals surface area contributed by atoms with Gasteiger partial charge in [-0.2, -0.15) is 10.1 Å². The van der Waals surface area contributed by atoms with Gasteiger partial charge in [-0.05, 0) is 39.0 Å². The van der Waals surface area contributed by atoms with Crippen LogP contribution in [0, 0.1) is 0 Å². The van der Waals surface area contributed by atoms with Crippen LogP contribution in [0.15, 0.2) is 94.5 Å². The van der Waals surface area contributed by atoms with Gasteiger partial charge in [-0.3, -0.25) is 0 Å². The number of rotatable bonds is 4. The number of benzene rings is 3. The van der Waals surface area contributed by atoms with Gasteiger partial charge in [0.2, 0.25) is 0 Å². The van der Waals surface area contributed by atoms with E-state index in [-0.39, 0.29) is 0 Å². The molecule has 0 unspecified atom stereocenters. The van der Waals surface area contributed by atoms with Gasteiger partial charge in [-0.1, -0.05) is 82.7 Å². The van der Waals surface area contributed by atoms with Gasteiger partial charge < -0.3 is 4.74 Å². The average Bonchev–Trinajstić information content (AvgIpc) is 2.68. The fraction of sp³-hybridized carbons (Fsp3) is 0.167. The summed E-state index contributed by atoms with van der Waals surface area (Å²) < 4.78 is 6.48. The Morgan fingerprint density at radius 1 is 0.862 bits per heavy atom.